The van der Waals surface area contributed by atoms with Gasteiger partial charge in [0.05, 0.1) is 5.75 Å². The van der Waals surface area contributed by atoms with Gasteiger partial charge in [0.2, 0.25) is 5.91 Å². The van der Waals surface area contributed by atoms with Crippen LogP contribution in [0, 0.1) is 0 Å². The Bertz CT molecular complexity index is 245. The zero-order valence-electron chi connectivity index (χ0n) is 6.60. The van der Waals surface area contributed by atoms with Crippen LogP contribution in [0.5, 0.6) is 0 Å². The first-order valence-corrected chi connectivity index (χ1v) is 4.84. The number of nitrogens with zero attached hydrogens (tertiary/aromatic N) is 1. The summed E-state index contributed by atoms with van der Waals surface area (Å²) in [4.78, 5) is 10.6. The van der Waals surface area contributed by atoms with Crippen LogP contribution in [-0.4, -0.2) is 41.9 Å². The molecule has 0 rings (SSSR count). The SMILES string of the molecule is CN(O)C(=O)CCCS(=O)(=O)O. The normalized spacial score (nSPS) is 11.2. The lowest BCUT2D eigenvalue weighted by Gasteiger charge is -2.06. The first-order valence-electron chi connectivity index (χ1n) is 3.23. The predicted molar refractivity (Wildman–Crippen MR) is 40.2 cm³/mol. The molecular formula is C5H11NO5S. The van der Waals surface area contributed by atoms with Crippen molar-refractivity contribution >= 4 is 16.0 Å². The minimum absolute atomic E-state index is 0.00255. The summed E-state index contributed by atoms with van der Waals surface area (Å²) in [5.41, 5.74) is 0. The number of carbonyl (C=O) groups excluding carboxylic acids is 1. The van der Waals surface area contributed by atoms with Gasteiger partial charge in [-0.25, -0.2) is 5.06 Å². The van der Waals surface area contributed by atoms with Crippen LogP contribution in [-0.2, 0) is 14.9 Å². The van der Waals surface area contributed by atoms with Crippen LogP contribution < -0.4 is 0 Å². The van der Waals surface area contributed by atoms with Crippen molar-refractivity contribution in [3.63, 3.8) is 0 Å². The molecule has 12 heavy (non-hydrogen) atoms. The standard InChI is InChI=1S/C5H11NO5S/c1-6(8)5(7)3-2-4-12(9,10)11/h8H,2-4H2,1H3,(H,9,10,11). The van der Waals surface area contributed by atoms with E-state index in [-0.39, 0.29) is 12.8 Å². The molecule has 0 saturated carbocycles. The van der Waals surface area contributed by atoms with Crippen molar-refractivity contribution in [2.24, 2.45) is 0 Å². The minimum atomic E-state index is -4.00. The summed E-state index contributed by atoms with van der Waals surface area (Å²) in [6.45, 7) is 0. The number of rotatable bonds is 4. The van der Waals surface area contributed by atoms with Gasteiger partial charge in [-0.05, 0) is 6.42 Å². The number of amides is 1. The predicted octanol–water partition coefficient (Wildman–Crippen LogP) is -0.498. The maximum absolute atomic E-state index is 10.6. The summed E-state index contributed by atoms with van der Waals surface area (Å²) in [5, 5.41) is 8.90. The highest BCUT2D eigenvalue weighted by molar-refractivity contribution is 7.85. The maximum Gasteiger partial charge on any atom is 0.264 e. The summed E-state index contributed by atoms with van der Waals surface area (Å²) in [7, 11) is -2.85. The fourth-order valence-electron chi connectivity index (χ4n) is 0.568. The van der Waals surface area contributed by atoms with E-state index >= 15 is 0 Å². The highest BCUT2D eigenvalue weighted by Gasteiger charge is 2.09. The van der Waals surface area contributed by atoms with E-state index in [2.05, 4.69) is 0 Å². The molecule has 0 bridgehead atoms. The van der Waals surface area contributed by atoms with Crippen molar-refractivity contribution in [2.45, 2.75) is 12.8 Å². The Morgan fingerprint density at radius 3 is 2.33 bits per heavy atom. The summed E-state index contributed by atoms with van der Waals surface area (Å²) in [6, 6.07) is 0. The van der Waals surface area contributed by atoms with Crippen molar-refractivity contribution < 1.29 is 23.0 Å². The average molecular weight is 197 g/mol. The second kappa shape index (κ2) is 4.39. The molecule has 0 atom stereocenters. The quantitative estimate of drug-likeness (QED) is 0.360. The number of hydrogen-bond donors (Lipinski definition) is 2. The Morgan fingerprint density at radius 2 is 2.00 bits per heavy atom. The van der Waals surface area contributed by atoms with Gasteiger partial charge in [-0.3, -0.25) is 14.6 Å². The molecule has 72 valence electrons. The molecule has 2 N–H and O–H groups in total. The lowest BCUT2D eigenvalue weighted by molar-refractivity contribution is -0.159. The van der Waals surface area contributed by atoms with Crippen molar-refractivity contribution in [3.8, 4) is 0 Å². The summed E-state index contributed by atoms with van der Waals surface area (Å²) < 4.78 is 28.6. The maximum atomic E-state index is 10.6. The molecule has 0 aliphatic carbocycles. The smallest absolute Gasteiger partial charge is 0.264 e. The molecule has 0 aromatic carbocycles. The molecule has 7 heteroatoms. The first kappa shape index (κ1) is 11.3. The van der Waals surface area contributed by atoms with Crippen LogP contribution in [0.25, 0.3) is 0 Å². The fraction of sp³-hybridized carbons (Fsp3) is 0.800. The molecule has 0 heterocycles. The van der Waals surface area contributed by atoms with Gasteiger partial charge in [0.25, 0.3) is 10.1 Å². The first-order chi connectivity index (χ1) is 5.33. The Hall–Kier alpha value is -0.660. The van der Waals surface area contributed by atoms with Gasteiger partial charge < -0.3 is 0 Å². The molecule has 0 aliphatic rings. The monoisotopic (exact) mass is 197 g/mol. The molecule has 0 aliphatic heterocycles. The number of hydrogen-bond acceptors (Lipinski definition) is 4. The highest BCUT2D eigenvalue weighted by Crippen LogP contribution is 1.96. The van der Waals surface area contributed by atoms with E-state index in [1.807, 2.05) is 0 Å². The Morgan fingerprint density at radius 1 is 1.50 bits per heavy atom. The minimum Gasteiger partial charge on any atom is -0.286 e. The summed E-state index contributed by atoms with van der Waals surface area (Å²) in [5.74, 6) is -1.05. The molecule has 0 radical (unpaired) electrons. The van der Waals surface area contributed by atoms with Gasteiger partial charge in [-0.1, -0.05) is 0 Å². The third kappa shape index (κ3) is 6.08. The molecule has 0 saturated heterocycles. The highest BCUT2D eigenvalue weighted by atomic mass is 32.2. The number of carbonyl (C=O) groups is 1. The fourth-order valence-corrected chi connectivity index (χ4v) is 1.08. The summed E-state index contributed by atoms with van der Waals surface area (Å²) in [6.07, 6.45) is -0.102. The zero-order chi connectivity index (χ0) is 9.78. The van der Waals surface area contributed by atoms with Crippen LogP contribution in [0.4, 0.5) is 0 Å². The molecule has 0 aromatic heterocycles. The lowest BCUT2D eigenvalue weighted by atomic mass is 10.3. The third-order valence-electron chi connectivity index (χ3n) is 1.15. The Labute approximate surface area is 70.5 Å². The Balaban J connectivity index is 3.66. The Kier molecular flexibility index (Phi) is 4.15. The van der Waals surface area contributed by atoms with E-state index in [0.29, 0.717) is 5.06 Å². The van der Waals surface area contributed by atoms with Crippen LogP contribution in [0.15, 0.2) is 0 Å². The van der Waals surface area contributed by atoms with E-state index in [1.54, 1.807) is 0 Å². The average Bonchev–Trinajstić information content (AvgIpc) is 1.84. The van der Waals surface area contributed by atoms with Crippen molar-refractivity contribution in [1.29, 1.82) is 0 Å². The van der Waals surface area contributed by atoms with E-state index in [1.165, 1.54) is 0 Å². The molecular weight excluding hydrogens is 186 g/mol. The number of hydroxylamine groups is 2. The third-order valence-corrected chi connectivity index (χ3v) is 1.96. The van der Waals surface area contributed by atoms with Crippen molar-refractivity contribution in [1.82, 2.24) is 5.06 Å². The van der Waals surface area contributed by atoms with E-state index < -0.39 is 21.8 Å². The molecule has 6 nitrogen and oxygen atoms in total. The van der Waals surface area contributed by atoms with E-state index in [4.69, 9.17) is 9.76 Å². The van der Waals surface area contributed by atoms with Crippen molar-refractivity contribution in [2.75, 3.05) is 12.8 Å². The van der Waals surface area contributed by atoms with Crippen molar-refractivity contribution in [3.05, 3.63) is 0 Å². The van der Waals surface area contributed by atoms with Gasteiger partial charge in [0, 0.05) is 13.5 Å². The molecule has 0 spiro atoms. The van der Waals surface area contributed by atoms with Gasteiger partial charge in [0.1, 0.15) is 0 Å². The van der Waals surface area contributed by atoms with Gasteiger partial charge >= 0.3 is 0 Å². The van der Waals surface area contributed by atoms with Crippen LogP contribution in [0.3, 0.4) is 0 Å². The molecule has 0 aromatic rings. The second-order valence-corrected chi connectivity index (χ2v) is 3.88. The zero-order valence-corrected chi connectivity index (χ0v) is 7.41. The molecule has 1 amide bonds. The van der Waals surface area contributed by atoms with Crippen LogP contribution >= 0.6 is 0 Å². The lowest BCUT2D eigenvalue weighted by Crippen LogP contribution is -2.22. The second-order valence-electron chi connectivity index (χ2n) is 2.31. The summed E-state index contributed by atoms with van der Waals surface area (Å²) >= 11 is 0. The van der Waals surface area contributed by atoms with E-state index in [0.717, 1.165) is 7.05 Å². The molecule has 0 unspecified atom stereocenters. The van der Waals surface area contributed by atoms with Crippen LogP contribution in [0.1, 0.15) is 12.8 Å². The van der Waals surface area contributed by atoms with Gasteiger partial charge in [-0.15, -0.1) is 0 Å². The van der Waals surface area contributed by atoms with Gasteiger partial charge in [0.15, 0.2) is 0 Å². The van der Waals surface area contributed by atoms with Gasteiger partial charge in [-0.2, -0.15) is 8.42 Å². The van der Waals surface area contributed by atoms with Crippen LogP contribution in [0.2, 0.25) is 0 Å². The molecule has 0 fully saturated rings. The topological polar surface area (TPSA) is 94.9 Å². The van der Waals surface area contributed by atoms with E-state index in [9.17, 15) is 13.2 Å². The largest absolute Gasteiger partial charge is 0.286 e.